The van der Waals surface area contributed by atoms with Gasteiger partial charge in [-0.1, -0.05) is 6.58 Å². The second-order valence-electron chi connectivity index (χ2n) is 4.47. The van der Waals surface area contributed by atoms with E-state index in [2.05, 4.69) is 11.3 Å². The van der Waals surface area contributed by atoms with Gasteiger partial charge in [-0.15, -0.1) is 0 Å². The predicted octanol–water partition coefficient (Wildman–Crippen LogP) is 1.39. The van der Waals surface area contributed by atoms with E-state index in [1.807, 2.05) is 0 Å². The molecule has 0 aromatic rings. The van der Waals surface area contributed by atoms with Crippen LogP contribution >= 0.6 is 7.60 Å². The Bertz CT molecular complexity index is 374. The number of esters is 1. The van der Waals surface area contributed by atoms with Gasteiger partial charge in [0.05, 0.1) is 12.8 Å². The summed E-state index contributed by atoms with van der Waals surface area (Å²) >= 11 is 0. The molecule has 20 heavy (non-hydrogen) atoms. The fourth-order valence-corrected chi connectivity index (χ4v) is 2.27. The van der Waals surface area contributed by atoms with Crippen molar-refractivity contribution in [2.75, 3.05) is 12.8 Å². The molecular formula is C12H21O7P. The van der Waals surface area contributed by atoms with Crippen molar-refractivity contribution >= 4 is 20.0 Å². The molecule has 0 fully saturated rings. The fourth-order valence-electron chi connectivity index (χ4n) is 1.49. The van der Waals surface area contributed by atoms with E-state index in [0.29, 0.717) is 38.8 Å². The van der Waals surface area contributed by atoms with Crippen LogP contribution in [-0.4, -0.2) is 41.1 Å². The van der Waals surface area contributed by atoms with E-state index in [0.717, 1.165) is 0 Å². The molecule has 116 valence electrons. The third-order valence-electron chi connectivity index (χ3n) is 2.42. The maximum Gasteiger partial charge on any atom is 0.333 e. The van der Waals surface area contributed by atoms with Crippen molar-refractivity contribution in [3.8, 4) is 0 Å². The maximum atomic E-state index is 11.4. The van der Waals surface area contributed by atoms with Crippen LogP contribution in [0.4, 0.5) is 0 Å². The first-order valence-electron chi connectivity index (χ1n) is 6.22. The zero-order valence-corrected chi connectivity index (χ0v) is 12.4. The lowest BCUT2D eigenvalue weighted by atomic mass is 10.1. The highest BCUT2D eigenvalue weighted by Gasteiger charge is 2.24. The van der Waals surface area contributed by atoms with Gasteiger partial charge in [-0.25, -0.2) is 4.79 Å². The molecule has 0 saturated heterocycles. The summed E-state index contributed by atoms with van der Waals surface area (Å²) in [6, 6.07) is 0. The molecule has 7 nitrogen and oxygen atoms in total. The molecule has 0 saturated carbocycles. The van der Waals surface area contributed by atoms with Crippen molar-refractivity contribution in [1.82, 2.24) is 0 Å². The summed E-state index contributed by atoms with van der Waals surface area (Å²) < 4.78 is 20.5. The summed E-state index contributed by atoms with van der Waals surface area (Å²) in [7, 11) is -4.25. The predicted molar refractivity (Wildman–Crippen MR) is 72.1 cm³/mol. The number of ether oxygens (including phenoxy) is 2. The van der Waals surface area contributed by atoms with Gasteiger partial charge in [-0.2, -0.15) is 0 Å². The number of hydrogen-bond donors (Lipinski definition) is 2. The van der Waals surface area contributed by atoms with Crippen LogP contribution in [0.5, 0.6) is 0 Å². The molecule has 0 aromatic heterocycles. The summed E-state index contributed by atoms with van der Waals surface area (Å²) in [5, 5.41) is 0. The van der Waals surface area contributed by atoms with Crippen molar-refractivity contribution in [3.63, 3.8) is 0 Å². The molecule has 0 aliphatic heterocycles. The molecule has 0 heterocycles. The first-order valence-corrected chi connectivity index (χ1v) is 8.02. The van der Waals surface area contributed by atoms with Crippen molar-refractivity contribution < 1.29 is 33.4 Å². The van der Waals surface area contributed by atoms with Crippen molar-refractivity contribution in [2.24, 2.45) is 0 Å². The van der Waals surface area contributed by atoms with Gasteiger partial charge in [0.15, 0.2) is 0 Å². The third-order valence-corrected chi connectivity index (χ3v) is 3.30. The Morgan fingerprint density at radius 1 is 1.35 bits per heavy atom. The molecule has 0 aromatic carbocycles. The third kappa shape index (κ3) is 10.7. The zero-order chi connectivity index (χ0) is 15.6. The molecule has 8 heteroatoms. The topological polar surface area (TPSA) is 110 Å². The standard InChI is InChI=1S/C12H21O7P/c1-10(2)12(14)19-11(8-20(15,16)17)6-4-3-5-7-18-9-13/h9,11H,1,3-8H2,2H3,(H2,15,16,17). The molecule has 1 unspecified atom stereocenters. The molecule has 0 rings (SSSR count). The largest absolute Gasteiger partial charge is 0.468 e. The Balaban J connectivity index is 4.18. The summed E-state index contributed by atoms with van der Waals surface area (Å²) in [4.78, 5) is 39.2. The van der Waals surface area contributed by atoms with Crippen LogP contribution in [0, 0.1) is 0 Å². The van der Waals surface area contributed by atoms with E-state index >= 15 is 0 Å². The van der Waals surface area contributed by atoms with E-state index in [-0.39, 0.29) is 5.57 Å². The van der Waals surface area contributed by atoms with E-state index in [9.17, 15) is 14.2 Å². The van der Waals surface area contributed by atoms with Gasteiger partial charge < -0.3 is 19.3 Å². The Labute approximate surface area is 118 Å². The van der Waals surface area contributed by atoms with Crippen LogP contribution in [0.2, 0.25) is 0 Å². The van der Waals surface area contributed by atoms with Gasteiger partial charge in [-0.3, -0.25) is 9.36 Å². The molecule has 0 spiro atoms. The number of carbonyl (C=O) groups is 2. The number of rotatable bonds is 11. The normalized spacial score (nSPS) is 12.6. The second-order valence-corrected chi connectivity index (χ2v) is 6.17. The van der Waals surface area contributed by atoms with Crippen LogP contribution in [0.15, 0.2) is 12.2 Å². The second kappa shape index (κ2) is 9.69. The fraction of sp³-hybridized carbons (Fsp3) is 0.667. The van der Waals surface area contributed by atoms with Crippen molar-refractivity contribution in [1.29, 1.82) is 0 Å². The summed E-state index contributed by atoms with van der Waals surface area (Å²) in [5.74, 6) is -0.660. The van der Waals surface area contributed by atoms with Crippen LogP contribution in [0.1, 0.15) is 32.6 Å². The molecular weight excluding hydrogens is 287 g/mol. The minimum atomic E-state index is -4.25. The molecule has 0 radical (unpaired) electrons. The minimum absolute atomic E-state index is 0.181. The number of carbonyl (C=O) groups excluding carboxylic acids is 2. The first kappa shape index (κ1) is 18.8. The maximum absolute atomic E-state index is 11.4. The van der Waals surface area contributed by atoms with Gasteiger partial charge in [0, 0.05) is 5.57 Å². The monoisotopic (exact) mass is 308 g/mol. The number of hydrogen-bond acceptors (Lipinski definition) is 5. The van der Waals surface area contributed by atoms with Crippen LogP contribution < -0.4 is 0 Å². The smallest absolute Gasteiger partial charge is 0.333 e. The Morgan fingerprint density at radius 3 is 2.50 bits per heavy atom. The van der Waals surface area contributed by atoms with Crippen LogP contribution in [0.25, 0.3) is 0 Å². The quantitative estimate of drug-likeness (QED) is 0.195. The van der Waals surface area contributed by atoms with Gasteiger partial charge in [0.25, 0.3) is 6.47 Å². The lowest BCUT2D eigenvalue weighted by Crippen LogP contribution is -2.22. The minimum Gasteiger partial charge on any atom is -0.468 e. The van der Waals surface area contributed by atoms with E-state index in [1.54, 1.807) is 0 Å². The Morgan fingerprint density at radius 2 is 2.00 bits per heavy atom. The van der Waals surface area contributed by atoms with Crippen molar-refractivity contribution in [3.05, 3.63) is 12.2 Å². The molecule has 2 N–H and O–H groups in total. The Hall–Kier alpha value is -1.17. The highest BCUT2D eigenvalue weighted by Crippen LogP contribution is 2.36. The molecule has 0 aliphatic carbocycles. The highest BCUT2D eigenvalue weighted by molar-refractivity contribution is 7.51. The van der Waals surface area contributed by atoms with E-state index in [1.165, 1.54) is 6.92 Å². The van der Waals surface area contributed by atoms with E-state index in [4.69, 9.17) is 14.5 Å². The molecule has 1 atom stereocenters. The highest BCUT2D eigenvalue weighted by atomic mass is 31.2. The average molecular weight is 308 g/mol. The Kier molecular flexibility index (Phi) is 9.12. The zero-order valence-electron chi connectivity index (χ0n) is 11.5. The summed E-state index contributed by atoms with van der Waals surface area (Å²) in [6.45, 7) is 5.55. The van der Waals surface area contributed by atoms with E-state index < -0.39 is 25.8 Å². The molecule has 0 aliphatic rings. The lowest BCUT2D eigenvalue weighted by Gasteiger charge is -2.18. The average Bonchev–Trinajstić information content (AvgIpc) is 2.31. The van der Waals surface area contributed by atoms with Crippen molar-refractivity contribution in [2.45, 2.75) is 38.7 Å². The molecule has 0 amide bonds. The first-order chi connectivity index (χ1) is 9.26. The molecule has 0 bridgehead atoms. The SMILES string of the molecule is C=C(C)C(=O)OC(CCCCCOC=O)CP(=O)(O)O. The van der Waals surface area contributed by atoms with Gasteiger partial charge in [0.2, 0.25) is 0 Å². The van der Waals surface area contributed by atoms with Gasteiger partial charge in [-0.05, 0) is 32.6 Å². The van der Waals surface area contributed by atoms with Crippen LogP contribution in [0.3, 0.4) is 0 Å². The summed E-state index contributed by atoms with van der Waals surface area (Å²) in [6.07, 6.45) is 0.955. The summed E-state index contributed by atoms with van der Waals surface area (Å²) in [5.41, 5.74) is 0.181. The number of unbranched alkanes of at least 4 members (excludes halogenated alkanes) is 2. The van der Waals surface area contributed by atoms with Gasteiger partial charge in [0.1, 0.15) is 6.10 Å². The van der Waals surface area contributed by atoms with Crippen LogP contribution in [-0.2, 0) is 23.6 Å². The van der Waals surface area contributed by atoms with Gasteiger partial charge >= 0.3 is 13.6 Å². The lowest BCUT2D eigenvalue weighted by molar-refractivity contribution is -0.143.